The highest BCUT2D eigenvalue weighted by atomic mass is 79.9. The molecule has 2 atom stereocenters. The fourth-order valence-electron chi connectivity index (χ4n) is 2.16. The fourth-order valence-corrected chi connectivity index (χ4v) is 3.47. The van der Waals surface area contributed by atoms with Crippen LogP contribution in [0.2, 0.25) is 5.02 Å². The quantitative estimate of drug-likeness (QED) is 0.758. The molecular formula is C15H14Br2ClNO. The summed E-state index contributed by atoms with van der Waals surface area (Å²) in [5, 5.41) is 11.2. The normalized spacial score (nSPS) is 14.1. The number of aliphatic hydroxyl groups excluding tert-OH is 1. The van der Waals surface area contributed by atoms with Crippen molar-refractivity contribution in [3.63, 3.8) is 0 Å². The van der Waals surface area contributed by atoms with Gasteiger partial charge in [0.05, 0.1) is 6.10 Å². The SMILES string of the molecule is NCC(c1cccc(Br)c1)C(O)c1cc(Cl)cc(Br)c1. The van der Waals surface area contributed by atoms with E-state index in [1.807, 2.05) is 30.3 Å². The first-order valence-electron chi connectivity index (χ1n) is 6.11. The molecule has 0 heterocycles. The second kappa shape index (κ2) is 7.05. The third kappa shape index (κ3) is 3.83. The molecule has 0 aliphatic carbocycles. The maximum absolute atomic E-state index is 10.6. The van der Waals surface area contributed by atoms with Gasteiger partial charge in [0.25, 0.3) is 0 Å². The zero-order valence-corrected chi connectivity index (χ0v) is 14.5. The summed E-state index contributed by atoms with van der Waals surface area (Å²) in [6.07, 6.45) is -0.704. The molecule has 2 nitrogen and oxygen atoms in total. The molecule has 2 rings (SSSR count). The van der Waals surface area contributed by atoms with E-state index in [9.17, 15) is 5.11 Å². The second-order valence-corrected chi connectivity index (χ2v) is 6.81. The van der Waals surface area contributed by atoms with Crippen LogP contribution >= 0.6 is 43.5 Å². The topological polar surface area (TPSA) is 46.2 Å². The maximum Gasteiger partial charge on any atom is 0.0871 e. The Hall–Kier alpha value is -0.390. The predicted molar refractivity (Wildman–Crippen MR) is 90.0 cm³/mol. The Balaban J connectivity index is 2.35. The number of rotatable bonds is 4. The standard InChI is InChI=1S/C15H14Br2ClNO/c16-11-3-1-2-9(4-11)14(8-19)15(20)10-5-12(17)7-13(18)6-10/h1-7,14-15,20H,8,19H2. The summed E-state index contributed by atoms with van der Waals surface area (Å²) in [6.45, 7) is 0.349. The Bertz CT molecular complexity index is 586. The van der Waals surface area contributed by atoms with Crippen LogP contribution in [0.3, 0.4) is 0 Å². The van der Waals surface area contributed by atoms with Gasteiger partial charge in [-0.1, -0.05) is 55.6 Å². The largest absolute Gasteiger partial charge is 0.388 e. The lowest BCUT2D eigenvalue weighted by Crippen LogP contribution is -2.20. The summed E-state index contributed by atoms with van der Waals surface area (Å²) in [5.74, 6) is -0.183. The van der Waals surface area contributed by atoms with Crippen LogP contribution in [0.4, 0.5) is 0 Å². The number of aliphatic hydroxyl groups is 1. The summed E-state index contributed by atoms with van der Waals surface area (Å²) in [4.78, 5) is 0. The van der Waals surface area contributed by atoms with Crippen molar-refractivity contribution in [1.82, 2.24) is 0 Å². The molecule has 0 aromatic heterocycles. The lowest BCUT2D eigenvalue weighted by atomic mass is 9.89. The Morgan fingerprint density at radius 1 is 1.05 bits per heavy atom. The van der Waals surface area contributed by atoms with Crippen LogP contribution in [0.1, 0.15) is 23.1 Å². The van der Waals surface area contributed by atoms with Crippen molar-refractivity contribution in [1.29, 1.82) is 0 Å². The van der Waals surface area contributed by atoms with Crippen molar-refractivity contribution in [3.05, 3.63) is 67.6 Å². The average Bonchev–Trinajstić information content (AvgIpc) is 2.38. The number of nitrogens with two attached hydrogens (primary N) is 1. The van der Waals surface area contributed by atoms with Crippen LogP contribution in [0.25, 0.3) is 0 Å². The maximum atomic E-state index is 10.6. The van der Waals surface area contributed by atoms with E-state index < -0.39 is 6.10 Å². The zero-order valence-electron chi connectivity index (χ0n) is 10.6. The predicted octanol–water partition coefficient (Wildman–Crippen LogP) is 4.64. The molecule has 2 unspecified atom stereocenters. The summed E-state index contributed by atoms with van der Waals surface area (Å²) in [5.41, 5.74) is 7.59. The molecule has 0 bridgehead atoms. The van der Waals surface area contributed by atoms with Crippen molar-refractivity contribution in [2.24, 2.45) is 5.73 Å². The van der Waals surface area contributed by atoms with Gasteiger partial charge in [0, 0.05) is 26.4 Å². The lowest BCUT2D eigenvalue weighted by molar-refractivity contribution is 0.147. The molecule has 106 valence electrons. The molecular weight excluding hydrogens is 405 g/mol. The van der Waals surface area contributed by atoms with Gasteiger partial charge in [-0.2, -0.15) is 0 Å². The van der Waals surface area contributed by atoms with Crippen molar-refractivity contribution >= 4 is 43.5 Å². The van der Waals surface area contributed by atoms with Gasteiger partial charge in [0.2, 0.25) is 0 Å². The van der Waals surface area contributed by atoms with E-state index in [4.69, 9.17) is 17.3 Å². The average molecular weight is 420 g/mol. The molecule has 0 aliphatic rings. The highest BCUT2D eigenvalue weighted by Gasteiger charge is 2.22. The molecule has 0 saturated heterocycles. The zero-order chi connectivity index (χ0) is 14.7. The number of halogens is 3. The van der Waals surface area contributed by atoms with E-state index in [2.05, 4.69) is 31.9 Å². The van der Waals surface area contributed by atoms with Crippen molar-refractivity contribution < 1.29 is 5.11 Å². The first-order chi connectivity index (χ1) is 9.51. The molecule has 0 saturated carbocycles. The third-order valence-electron chi connectivity index (χ3n) is 3.14. The van der Waals surface area contributed by atoms with E-state index in [1.165, 1.54) is 0 Å². The number of hydrogen-bond acceptors (Lipinski definition) is 2. The highest BCUT2D eigenvalue weighted by Crippen LogP contribution is 2.34. The van der Waals surface area contributed by atoms with Gasteiger partial charge in [-0.3, -0.25) is 0 Å². The first kappa shape index (κ1) is 16.0. The molecule has 0 aliphatic heterocycles. The Morgan fingerprint density at radius 2 is 1.75 bits per heavy atom. The number of benzene rings is 2. The van der Waals surface area contributed by atoms with E-state index in [-0.39, 0.29) is 5.92 Å². The third-order valence-corrected chi connectivity index (χ3v) is 4.31. The van der Waals surface area contributed by atoms with Gasteiger partial charge in [-0.25, -0.2) is 0 Å². The minimum atomic E-state index is -0.704. The van der Waals surface area contributed by atoms with Crippen LogP contribution in [-0.4, -0.2) is 11.7 Å². The summed E-state index contributed by atoms with van der Waals surface area (Å²) < 4.78 is 1.80. The molecule has 2 aromatic carbocycles. The molecule has 20 heavy (non-hydrogen) atoms. The Kier molecular flexibility index (Phi) is 5.64. The minimum absolute atomic E-state index is 0.183. The fraction of sp³-hybridized carbons (Fsp3) is 0.200. The van der Waals surface area contributed by atoms with Gasteiger partial charge < -0.3 is 10.8 Å². The smallest absolute Gasteiger partial charge is 0.0871 e. The van der Waals surface area contributed by atoms with Gasteiger partial charge in [-0.05, 0) is 41.5 Å². The van der Waals surface area contributed by atoms with Crippen molar-refractivity contribution in [3.8, 4) is 0 Å². The van der Waals surface area contributed by atoms with E-state index >= 15 is 0 Å². The van der Waals surface area contributed by atoms with Gasteiger partial charge in [-0.15, -0.1) is 0 Å². The molecule has 3 N–H and O–H groups in total. The molecule has 0 amide bonds. The van der Waals surface area contributed by atoms with E-state index in [0.29, 0.717) is 11.6 Å². The molecule has 0 fully saturated rings. The van der Waals surface area contributed by atoms with E-state index in [1.54, 1.807) is 12.1 Å². The van der Waals surface area contributed by atoms with Crippen molar-refractivity contribution in [2.45, 2.75) is 12.0 Å². The van der Waals surface area contributed by atoms with Crippen LogP contribution in [-0.2, 0) is 0 Å². The monoisotopic (exact) mass is 417 g/mol. The molecule has 5 heteroatoms. The van der Waals surface area contributed by atoms with Gasteiger partial charge >= 0.3 is 0 Å². The highest BCUT2D eigenvalue weighted by molar-refractivity contribution is 9.10. The van der Waals surface area contributed by atoms with Gasteiger partial charge in [0.1, 0.15) is 0 Å². The lowest BCUT2D eigenvalue weighted by Gasteiger charge is -2.23. The van der Waals surface area contributed by atoms with Crippen LogP contribution in [0, 0.1) is 0 Å². The molecule has 2 aromatic rings. The Labute approximate surface area is 140 Å². The van der Waals surface area contributed by atoms with Gasteiger partial charge in [0.15, 0.2) is 0 Å². The van der Waals surface area contributed by atoms with Crippen LogP contribution < -0.4 is 5.73 Å². The number of hydrogen-bond donors (Lipinski definition) is 2. The first-order valence-corrected chi connectivity index (χ1v) is 8.07. The van der Waals surface area contributed by atoms with Crippen molar-refractivity contribution in [2.75, 3.05) is 6.54 Å². The molecule has 0 spiro atoms. The van der Waals surface area contributed by atoms with E-state index in [0.717, 1.165) is 20.1 Å². The summed E-state index contributed by atoms with van der Waals surface area (Å²) in [6, 6.07) is 13.2. The molecule has 0 radical (unpaired) electrons. The minimum Gasteiger partial charge on any atom is -0.388 e. The van der Waals surface area contributed by atoms with Crippen LogP contribution in [0.5, 0.6) is 0 Å². The Morgan fingerprint density at radius 3 is 2.35 bits per heavy atom. The summed E-state index contributed by atoms with van der Waals surface area (Å²) in [7, 11) is 0. The van der Waals surface area contributed by atoms with Crippen LogP contribution in [0.15, 0.2) is 51.4 Å². The second-order valence-electron chi connectivity index (χ2n) is 4.54. The summed E-state index contributed by atoms with van der Waals surface area (Å²) >= 11 is 12.9.